The van der Waals surface area contributed by atoms with Crippen molar-refractivity contribution in [1.82, 2.24) is 0 Å². The number of halogens is 2. The van der Waals surface area contributed by atoms with Crippen LogP contribution in [0.2, 0.25) is 5.02 Å². The fourth-order valence-corrected chi connectivity index (χ4v) is 4.10. The predicted molar refractivity (Wildman–Crippen MR) is 149 cm³/mol. The lowest BCUT2D eigenvalue weighted by molar-refractivity contribution is -0.118. The van der Waals surface area contributed by atoms with E-state index in [0.29, 0.717) is 44.5 Å². The molecule has 0 saturated carbocycles. The van der Waals surface area contributed by atoms with Gasteiger partial charge >= 0.3 is 0 Å². The number of amides is 2. The second-order valence-electron chi connectivity index (χ2n) is 8.05. The van der Waals surface area contributed by atoms with Gasteiger partial charge < -0.3 is 20.1 Å². The highest BCUT2D eigenvalue weighted by molar-refractivity contribution is 9.10. The van der Waals surface area contributed by atoms with Crippen LogP contribution in [0.3, 0.4) is 0 Å². The summed E-state index contributed by atoms with van der Waals surface area (Å²) >= 11 is 9.33. The molecule has 0 saturated heterocycles. The number of aryl methyl sites for hydroxylation is 2. The van der Waals surface area contributed by atoms with Gasteiger partial charge in [-0.15, -0.1) is 0 Å². The fraction of sp³-hybridized carbons (Fsp3) is 0.179. The minimum atomic E-state index is -0.567. The highest BCUT2D eigenvalue weighted by Crippen LogP contribution is 2.37. The van der Waals surface area contributed by atoms with Crippen molar-refractivity contribution < 1.29 is 19.1 Å². The summed E-state index contributed by atoms with van der Waals surface area (Å²) in [5, 5.41) is 15.6. The number of rotatable bonds is 9. The summed E-state index contributed by atoms with van der Waals surface area (Å²) in [7, 11) is 0. The standard InChI is InChI=1S/C28H25BrClN3O4/c1-4-36-25-14-19(12-20(15-31)28(35)32-22-8-6-21(30)7-9-22)13-23(29)27(25)37-16-26(34)33-24-10-5-17(2)11-18(24)3/h5-14H,4,16H2,1-3H3,(H,32,35)(H,33,34)/b20-12-. The molecule has 2 amide bonds. The van der Waals surface area contributed by atoms with E-state index in [1.807, 2.05) is 45.0 Å². The lowest BCUT2D eigenvalue weighted by Gasteiger charge is -2.15. The minimum Gasteiger partial charge on any atom is -0.490 e. The van der Waals surface area contributed by atoms with Crippen LogP contribution < -0.4 is 20.1 Å². The van der Waals surface area contributed by atoms with Gasteiger partial charge in [-0.05, 0) is 96.4 Å². The normalized spacial score (nSPS) is 10.9. The van der Waals surface area contributed by atoms with Gasteiger partial charge in [0.2, 0.25) is 0 Å². The predicted octanol–water partition coefficient (Wildman–Crippen LogP) is 6.68. The van der Waals surface area contributed by atoms with Crippen molar-refractivity contribution in [2.24, 2.45) is 0 Å². The number of benzene rings is 3. The molecule has 0 aliphatic carbocycles. The highest BCUT2D eigenvalue weighted by Gasteiger charge is 2.16. The molecular weight excluding hydrogens is 558 g/mol. The quantitative estimate of drug-likeness (QED) is 0.216. The molecule has 7 nitrogen and oxygen atoms in total. The summed E-state index contributed by atoms with van der Waals surface area (Å²) in [6.45, 7) is 5.82. The van der Waals surface area contributed by atoms with E-state index in [1.165, 1.54) is 6.08 Å². The third kappa shape index (κ3) is 7.84. The van der Waals surface area contributed by atoms with Gasteiger partial charge in [0.15, 0.2) is 18.1 Å². The van der Waals surface area contributed by atoms with E-state index in [-0.39, 0.29) is 18.1 Å². The number of carbonyl (C=O) groups excluding carboxylic acids is 2. The lowest BCUT2D eigenvalue weighted by atomic mass is 10.1. The van der Waals surface area contributed by atoms with Crippen molar-refractivity contribution in [2.75, 3.05) is 23.8 Å². The average Bonchev–Trinajstić information content (AvgIpc) is 2.85. The van der Waals surface area contributed by atoms with Crippen LogP contribution in [0.15, 0.2) is 64.6 Å². The molecule has 37 heavy (non-hydrogen) atoms. The molecule has 0 bridgehead atoms. The Morgan fingerprint density at radius 1 is 1.05 bits per heavy atom. The van der Waals surface area contributed by atoms with Crippen LogP contribution in [0.1, 0.15) is 23.6 Å². The van der Waals surface area contributed by atoms with Crippen molar-refractivity contribution in [2.45, 2.75) is 20.8 Å². The van der Waals surface area contributed by atoms with Crippen molar-refractivity contribution >= 4 is 56.8 Å². The van der Waals surface area contributed by atoms with Crippen LogP contribution in [0.4, 0.5) is 11.4 Å². The van der Waals surface area contributed by atoms with Crippen LogP contribution >= 0.6 is 27.5 Å². The Morgan fingerprint density at radius 3 is 2.43 bits per heavy atom. The molecule has 0 atom stereocenters. The minimum absolute atomic E-state index is 0.106. The Bertz CT molecular complexity index is 1380. The fourth-order valence-electron chi connectivity index (χ4n) is 3.40. The first kappa shape index (κ1) is 27.8. The molecule has 2 N–H and O–H groups in total. The Balaban J connectivity index is 1.77. The average molecular weight is 583 g/mol. The van der Waals surface area contributed by atoms with Gasteiger partial charge in [-0.25, -0.2) is 0 Å². The second kappa shape index (κ2) is 12.9. The van der Waals surface area contributed by atoms with E-state index >= 15 is 0 Å². The molecule has 3 rings (SSSR count). The number of anilines is 2. The van der Waals surface area contributed by atoms with Crippen molar-refractivity contribution in [1.29, 1.82) is 5.26 Å². The molecular formula is C28H25BrClN3O4. The third-order valence-electron chi connectivity index (χ3n) is 5.11. The number of ether oxygens (including phenoxy) is 2. The zero-order chi connectivity index (χ0) is 26.9. The number of hydrogen-bond acceptors (Lipinski definition) is 5. The van der Waals surface area contributed by atoms with E-state index in [4.69, 9.17) is 21.1 Å². The smallest absolute Gasteiger partial charge is 0.266 e. The summed E-state index contributed by atoms with van der Waals surface area (Å²) in [6, 6.07) is 17.5. The SMILES string of the molecule is CCOc1cc(/C=C(/C#N)C(=O)Nc2ccc(Cl)cc2)cc(Br)c1OCC(=O)Nc1ccc(C)cc1C. The highest BCUT2D eigenvalue weighted by atomic mass is 79.9. The molecule has 0 aliphatic heterocycles. The maximum absolute atomic E-state index is 12.6. The van der Waals surface area contributed by atoms with Gasteiger partial charge in [0.25, 0.3) is 11.8 Å². The zero-order valence-electron chi connectivity index (χ0n) is 20.5. The molecule has 190 valence electrons. The molecule has 0 radical (unpaired) electrons. The molecule has 0 aromatic heterocycles. The molecule has 0 aliphatic rings. The number of nitrogens with one attached hydrogen (secondary N) is 2. The van der Waals surface area contributed by atoms with E-state index in [2.05, 4.69) is 26.6 Å². The summed E-state index contributed by atoms with van der Waals surface area (Å²) in [6.07, 6.45) is 1.44. The molecule has 0 unspecified atom stereocenters. The molecule has 0 spiro atoms. The first-order valence-electron chi connectivity index (χ1n) is 11.3. The van der Waals surface area contributed by atoms with E-state index in [0.717, 1.165) is 11.1 Å². The monoisotopic (exact) mass is 581 g/mol. The first-order chi connectivity index (χ1) is 17.7. The summed E-state index contributed by atoms with van der Waals surface area (Å²) < 4.78 is 12.0. The number of hydrogen-bond donors (Lipinski definition) is 2. The van der Waals surface area contributed by atoms with E-state index < -0.39 is 5.91 Å². The molecule has 9 heteroatoms. The van der Waals surface area contributed by atoms with Gasteiger partial charge in [-0.2, -0.15) is 5.26 Å². The van der Waals surface area contributed by atoms with Crippen molar-refractivity contribution in [3.63, 3.8) is 0 Å². The van der Waals surface area contributed by atoms with Gasteiger partial charge in [-0.1, -0.05) is 29.3 Å². The number of nitrogens with zero attached hydrogens (tertiary/aromatic N) is 1. The second-order valence-corrected chi connectivity index (χ2v) is 9.34. The number of nitriles is 1. The Morgan fingerprint density at radius 2 is 1.78 bits per heavy atom. The summed E-state index contributed by atoms with van der Waals surface area (Å²) in [5.74, 6) is -0.199. The topological polar surface area (TPSA) is 100 Å². The van der Waals surface area contributed by atoms with Gasteiger partial charge in [0.05, 0.1) is 11.1 Å². The van der Waals surface area contributed by atoms with Crippen LogP contribution in [-0.4, -0.2) is 25.0 Å². The zero-order valence-corrected chi connectivity index (χ0v) is 22.9. The van der Waals surface area contributed by atoms with Gasteiger partial charge in [-0.3, -0.25) is 9.59 Å². The maximum atomic E-state index is 12.6. The van der Waals surface area contributed by atoms with Crippen LogP contribution in [-0.2, 0) is 9.59 Å². The van der Waals surface area contributed by atoms with Crippen LogP contribution in [0.25, 0.3) is 6.08 Å². The largest absolute Gasteiger partial charge is 0.490 e. The van der Waals surface area contributed by atoms with Gasteiger partial charge in [0, 0.05) is 16.4 Å². The van der Waals surface area contributed by atoms with E-state index in [1.54, 1.807) is 36.4 Å². The summed E-state index contributed by atoms with van der Waals surface area (Å²) in [5.41, 5.74) is 3.71. The Kier molecular flexibility index (Phi) is 9.72. The maximum Gasteiger partial charge on any atom is 0.266 e. The Hall–Kier alpha value is -3.80. The van der Waals surface area contributed by atoms with Gasteiger partial charge in [0.1, 0.15) is 11.6 Å². The summed E-state index contributed by atoms with van der Waals surface area (Å²) in [4.78, 5) is 25.1. The van der Waals surface area contributed by atoms with Crippen molar-refractivity contribution in [3.05, 3.63) is 86.4 Å². The molecule has 0 heterocycles. The van der Waals surface area contributed by atoms with Crippen LogP contribution in [0.5, 0.6) is 11.5 Å². The van der Waals surface area contributed by atoms with Crippen molar-refractivity contribution in [3.8, 4) is 17.6 Å². The lowest BCUT2D eigenvalue weighted by Crippen LogP contribution is -2.21. The third-order valence-corrected chi connectivity index (χ3v) is 5.95. The molecule has 0 fully saturated rings. The molecule has 3 aromatic carbocycles. The molecule has 3 aromatic rings. The number of carbonyl (C=O) groups is 2. The van der Waals surface area contributed by atoms with E-state index in [9.17, 15) is 14.9 Å². The first-order valence-corrected chi connectivity index (χ1v) is 12.5. The van der Waals surface area contributed by atoms with Crippen LogP contribution in [0, 0.1) is 25.2 Å². The Labute approximate surface area is 229 Å².